The summed E-state index contributed by atoms with van der Waals surface area (Å²) < 4.78 is 6.16. The van der Waals surface area contributed by atoms with Gasteiger partial charge in [0.2, 0.25) is 0 Å². The molecule has 2 aromatic rings. The molecule has 2 rings (SSSR count). The van der Waals surface area contributed by atoms with Crippen LogP contribution in [0.4, 0.5) is 0 Å². The van der Waals surface area contributed by atoms with E-state index in [0.717, 1.165) is 58.9 Å². The molecular weight excluding hydrogens is 322 g/mol. The molecule has 4 nitrogen and oxygen atoms in total. The normalized spacial score (nSPS) is 11.4. The maximum atomic E-state index is 6.16. The molecule has 2 aromatic heterocycles. The number of rotatable bonds is 8. The van der Waals surface area contributed by atoms with Gasteiger partial charge in [0.15, 0.2) is 0 Å². The molecule has 0 atom stereocenters. The van der Waals surface area contributed by atoms with Crippen molar-refractivity contribution < 1.29 is 4.74 Å². The second-order valence-corrected chi connectivity index (χ2v) is 7.10. The van der Waals surface area contributed by atoms with Gasteiger partial charge in [0.1, 0.15) is 5.75 Å². The van der Waals surface area contributed by atoms with E-state index in [4.69, 9.17) is 20.4 Å². The van der Waals surface area contributed by atoms with Gasteiger partial charge < -0.3 is 10.5 Å². The van der Waals surface area contributed by atoms with E-state index in [9.17, 15) is 0 Å². The molecule has 0 radical (unpaired) electrons. The molecule has 0 aliphatic carbocycles. The summed E-state index contributed by atoms with van der Waals surface area (Å²) in [5.74, 6) is 1.23. The predicted octanol–water partition coefficient (Wildman–Crippen LogP) is 5.16. The number of hydrogen-bond donors (Lipinski definition) is 1. The number of aryl methyl sites for hydroxylation is 2. The van der Waals surface area contributed by atoms with Crippen molar-refractivity contribution in [2.75, 3.05) is 0 Å². The number of nitrogens with two attached hydrogens (primary N) is 1. The highest BCUT2D eigenvalue weighted by atomic mass is 16.5. The lowest BCUT2D eigenvalue weighted by molar-refractivity contribution is 0.190. The minimum Gasteiger partial charge on any atom is -0.488 e. The molecular formula is C22H33N3O. The summed E-state index contributed by atoms with van der Waals surface area (Å²) in [6.07, 6.45) is 3.02. The molecule has 0 aliphatic heterocycles. The number of ether oxygens (including phenoxy) is 1. The van der Waals surface area contributed by atoms with Crippen LogP contribution in [0.1, 0.15) is 76.0 Å². The summed E-state index contributed by atoms with van der Waals surface area (Å²) in [6.45, 7) is 13.2. The summed E-state index contributed by atoms with van der Waals surface area (Å²) in [7, 11) is 0. The quantitative estimate of drug-likeness (QED) is 0.710. The third kappa shape index (κ3) is 4.42. The van der Waals surface area contributed by atoms with E-state index in [1.807, 2.05) is 0 Å². The molecule has 4 heteroatoms. The minimum absolute atomic E-state index is 0.200. The zero-order chi connectivity index (χ0) is 19.3. The van der Waals surface area contributed by atoms with Crippen LogP contribution in [0.15, 0.2) is 18.2 Å². The third-order valence-corrected chi connectivity index (χ3v) is 4.83. The minimum atomic E-state index is 0.200. The van der Waals surface area contributed by atoms with Crippen molar-refractivity contribution in [3.8, 4) is 17.0 Å². The third-order valence-electron chi connectivity index (χ3n) is 4.83. The van der Waals surface area contributed by atoms with Crippen LogP contribution < -0.4 is 10.5 Å². The average Bonchev–Trinajstić information content (AvgIpc) is 2.65. The Kier molecular flexibility index (Phi) is 7.15. The van der Waals surface area contributed by atoms with Crippen molar-refractivity contribution >= 4 is 0 Å². The molecule has 0 fully saturated rings. The van der Waals surface area contributed by atoms with E-state index in [0.29, 0.717) is 12.5 Å². The van der Waals surface area contributed by atoms with Crippen LogP contribution in [0.3, 0.4) is 0 Å². The Balaban J connectivity index is 2.51. The van der Waals surface area contributed by atoms with E-state index in [1.54, 1.807) is 0 Å². The Bertz CT molecular complexity index is 736. The second-order valence-electron chi connectivity index (χ2n) is 7.10. The molecule has 0 aromatic carbocycles. The van der Waals surface area contributed by atoms with Gasteiger partial charge in [-0.1, -0.05) is 34.6 Å². The highest BCUT2D eigenvalue weighted by Gasteiger charge is 2.17. The molecule has 0 amide bonds. The van der Waals surface area contributed by atoms with Gasteiger partial charge in [0, 0.05) is 23.5 Å². The number of nitrogens with zero attached hydrogens (tertiary/aromatic N) is 2. The predicted molar refractivity (Wildman–Crippen MR) is 109 cm³/mol. The Morgan fingerprint density at radius 3 is 2.27 bits per heavy atom. The van der Waals surface area contributed by atoms with Crippen LogP contribution in [0.5, 0.6) is 5.75 Å². The fourth-order valence-corrected chi connectivity index (χ4v) is 3.11. The fraction of sp³-hybridized carbons (Fsp3) is 0.545. The number of aromatic nitrogens is 2. The van der Waals surface area contributed by atoms with Gasteiger partial charge in [-0.05, 0) is 55.9 Å². The van der Waals surface area contributed by atoms with Crippen LogP contribution >= 0.6 is 0 Å². The van der Waals surface area contributed by atoms with Crippen LogP contribution in [0.2, 0.25) is 0 Å². The zero-order valence-electron chi connectivity index (χ0n) is 17.1. The average molecular weight is 356 g/mol. The Morgan fingerprint density at radius 1 is 1.04 bits per heavy atom. The van der Waals surface area contributed by atoms with E-state index < -0.39 is 0 Å². The van der Waals surface area contributed by atoms with E-state index in [1.165, 1.54) is 0 Å². The van der Waals surface area contributed by atoms with Gasteiger partial charge in [-0.2, -0.15) is 0 Å². The summed E-state index contributed by atoms with van der Waals surface area (Å²) >= 11 is 0. The van der Waals surface area contributed by atoms with Gasteiger partial charge in [-0.15, -0.1) is 0 Å². The van der Waals surface area contributed by atoms with E-state index >= 15 is 0 Å². The number of hydrogen-bond acceptors (Lipinski definition) is 4. The molecule has 142 valence electrons. The highest BCUT2D eigenvalue weighted by molar-refractivity contribution is 5.67. The second kappa shape index (κ2) is 9.13. The van der Waals surface area contributed by atoms with Gasteiger partial charge >= 0.3 is 0 Å². The van der Waals surface area contributed by atoms with Gasteiger partial charge in [0.05, 0.1) is 17.5 Å². The topological polar surface area (TPSA) is 61.0 Å². The first-order valence-corrected chi connectivity index (χ1v) is 9.82. The molecule has 2 N–H and O–H groups in total. The van der Waals surface area contributed by atoms with Crippen molar-refractivity contribution in [2.24, 2.45) is 5.73 Å². The van der Waals surface area contributed by atoms with Crippen LogP contribution in [0, 0.1) is 6.92 Å². The molecule has 0 saturated carbocycles. The zero-order valence-corrected chi connectivity index (χ0v) is 17.1. The maximum Gasteiger partial charge on any atom is 0.142 e. The van der Waals surface area contributed by atoms with Crippen LogP contribution in [-0.2, 0) is 13.0 Å². The summed E-state index contributed by atoms with van der Waals surface area (Å²) in [5, 5.41) is 0. The van der Waals surface area contributed by atoms with E-state index in [2.05, 4.69) is 59.7 Å². The lowest BCUT2D eigenvalue weighted by Gasteiger charge is -2.20. The first-order valence-electron chi connectivity index (χ1n) is 9.82. The standard InChI is InChI=1S/C22H33N3O/c1-7-16(8-2)26-21-12-15(6)22(25-20(21)13-23)17-10-11-19(14(4)5)24-18(17)9-3/h10-12,14,16H,7-9,13,23H2,1-6H3. The van der Waals surface area contributed by atoms with Gasteiger partial charge in [-0.3, -0.25) is 4.98 Å². The largest absolute Gasteiger partial charge is 0.488 e. The number of pyridine rings is 2. The molecule has 0 bridgehead atoms. The van der Waals surface area contributed by atoms with Crippen molar-refractivity contribution in [3.63, 3.8) is 0 Å². The smallest absolute Gasteiger partial charge is 0.142 e. The monoisotopic (exact) mass is 355 g/mol. The molecule has 0 aliphatic rings. The molecule has 0 spiro atoms. The van der Waals surface area contributed by atoms with Gasteiger partial charge in [0.25, 0.3) is 0 Å². The SMILES string of the molecule is CCc1nc(C(C)C)ccc1-c1nc(CN)c(OC(CC)CC)cc1C. The summed E-state index contributed by atoms with van der Waals surface area (Å²) in [5.41, 5.74) is 12.2. The first kappa shape index (κ1) is 20.4. The fourth-order valence-electron chi connectivity index (χ4n) is 3.11. The van der Waals surface area contributed by atoms with E-state index in [-0.39, 0.29) is 6.10 Å². The molecule has 0 unspecified atom stereocenters. The lowest BCUT2D eigenvalue weighted by atomic mass is 10.00. The molecule has 2 heterocycles. The van der Waals surface area contributed by atoms with Crippen molar-refractivity contribution in [1.29, 1.82) is 0 Å². The lowest BCUT2D eigenvalue weighted by Crippen LogP contribution is -2.16. The van der Waals surface area contributed by atoms with Crippen LogP contribution in [-0.4, -0.2) is 16.1 Å². The van der Waals surface area contributed by atoms with Crippen molar-refractivity contribution in [1.82, 2.24) is 9.97 Å². The molecule has 0 saturated heterocycles. The first-order chi connectivity index (χ1) is 12.4. The Morgan fingerprint density at radius 2 is 1.73 bits per heavy atom. The Labute approximate surface area is 158 Å². The summed E-state index contributed by atoms with van der Waals surface area (Å²) in [4.78, 5) is 9.73. The Hall–Kier alpha value is -1.94. The highest BCUT2D eigenvalue weighted by Crippen LogP contribution is 2.31. The van der Waals surface area contributed by atoms with Crippen LogP contribution in [0.25, 0.3) is 11.3 Å². The van der Waals surface area contributed by atoms with Crippen molar-refractivity contribution in [2.45, 2.75) is 79.4 Å². The summed E-state index contributed by atoms with van der Waals surface area (Å²) in [6, 6.07) is 6.34. The molecule has 26 heavy (non-hydrogen) atoms. The van der Waals surface area contributed by atoms with Crippen molar-refractivity contribution in [3.05, 3.63) is 40.8 Å². The maximum absolute atomic E-state index is 6.16. The van der Waals surface area contributed by atoms with Gasteiger partial charge in [-0.25, -0.2) is 4.98 Å².